The van der Waals surface area contributed by atoms with Crippen molar-refractivity contribution < 1.29 is 0 Å². The summed E-state index contributed by atoms with van der Waals surface area (Å²) in [4.78, 5) is 2.82. The van der Waals surface area contributed by atoms with E-state index >= 15 is 0 Å². The van der Waals surface area contributed by atoms with E-state index in [2.05, 4.69) is 37.9 Å². The summed E-state index contributed by atoms with van der Waals surface area (Å²) in [5.41, 5.74) is 0. The maximum absolute atomic E-state index is 3.84. The maximum atomic E-state index is 3.84. The Kier molecular flexibility index (Phi) is 5.70. The van der Waals surface area contributed by atoms with Gasteiger partial charge in [-0.05, 0) is 70.4 Å². The molecule has 2 nitrogen and oxygen atoms in total. The highest BCUT2D eigenvalue weighted by molar-refractivity contribution is 4.95. The number of rotatable bonds is 5. The van der Waals surface area contributed by atoms with Crippen molar-refractivity contribution in [1.29, 1.82) is 0 Å². The van der Waals surface area contributed by atoms with Crippen LogP contribution in [0.2, 0.25) is 0 Å². The summed E-state index contributed by atoms with van der Waals surface area (Å²) in [6.07, 6.45) is 8.30. The molecule has 4 unspecified atom stereocenters. The third-order valence-corrected chi connectivity index (χ3v) is 5.49. The zero-order valence-corrected chi connectivity index (χ0v) is 13.5. The summed E-state index contributed by atoms with van der Waals surface area (Å²) < 4.78 is 0. The molecule has 1 saturated heterocycles. The minimum absolute atomic E-state index is 0.746. The molecular weight excluding hydrogens is 232 g/mol. The number of hydrogen-bond acceptors (Lipinski definition) is 2. The molecule has 1 aliphatic carbocycles. The van der Waals surface area contributed by atoms with Crippen molar-refractivity contribution in [2.45, 2.75) is 84.3 Å². The maximum Gasteiger partial charge on any atom is 0.0254 e. The fourth-order valence-electron chi connectivity index (χ4n) is 4.17. The molecule has 0 amide bonds. The molecule has 0 aromatic rings. The van der Waals surface area contributed by atoms with Gasteiger partial charge in [-0.25, -0.2) is 0 Å². The average Bonchev–Trinajstić information content (AvgIpc) is 2.82. The van der Waals surface area contributed by atoms with Crippen LogP contribution in [-0.2, 0) is 0 Å². The van der Waals surface area contributed by atoms with Crippen LogP contribution in [0.5, 0.6) is 0 Å². The van der Waals surface area contributed by atoms with Gasteiger partial charge in [0, 0.05) is 18.1 Å². The van der Waals surface area contributed by atoms with Gasteiger partial charge in [0.2, 0.25) is 0 Å². The van der Waals surface area contributed by atoms with E-state index in [1.807, 2.05) is 0 Å². The Bertz CT molecular complexity index is 264. The first-order valence-corrected chi connectivity index (χ1v) is 8.62. The first-order valence-electron chi connectivity index (χ1n) is 8.62. The molecule has 1 aliphatic heterocycles. The zero-order valence-electron chi connectivity index (χ0n) is 13.5. The third kappa shape index (κ3) is 3.72. The van der Waals surface area contributed by atoms with Gasteiger partial charge in [0.15, 0.2) is 0 Å². The van der Waals surface area contributed by atoms with Gasteiger partial charge in [-0.1, -0.05) is 20.8 Å². The lowest BCUT2D eigenvalue weighted by Crippen LogP contribution is -2.54. The molecule has 2 aliphatic rings. The van der Waals surface area contributed by atoms with Gasteiger partial charge in [0.05, 0.1) is 0 Å². The van der Waals surface area contributed by atoms with Crippen LogP contribution in [0.1, 0.15) is 66.2 Å². The quantitative estimate of drug-likeness (QED) is 0.817. The summed E-state index contributed by atoms with van der Waals surface area (Å²) in [5, 5.41) is 3.84. The van der Waals surface area contributed by atoms with Gasteiger partial charge in [-0.2, -0.15) is 0 Å². The third-order valence-electron chi connectivity index (χ3n) is 5.49. The van der Waals surface area contributed by atoms with Gasteiger partial charge in [-0.3, -0.25) is 4.90 Å². The van der Waals surface area contributed by atoms with Crippen LogP contribution in [0.15, 0.2) is 0 Å². The molecule has 0 bridgehead atoms. The van der Waals surface area contributed by atoms with E-state index in [-0.39, 0.29) is 0 Å². The summed E-state index contributed by atoms with van der Waals surface area (Å²) in [6.45, 7) is 12.1. The highest BCUT2D eigenvalue weighted by Crippen LogP contribution is 2.35. The Morgan fingerprint density at radius 3 is 2.58 bits per heavy atom. The van der Waals surface area contributed by atoms with E-state index < -0.39 is 0 Å². The molecule has 2 heteroatoms. The Morgan fingerprint density at radius 1 is 1.21 bits per heavy atom. The molecule has 19 heavy (non-hydrogen) atoms. The van der Waals surface area contributed by atoms with E-state index in [4.69, 9.17) is 0 Å². The van der Waals surface area contributed by atoms with Gasteiger partial charge in [0.1, 0.15) is 0 Å². The lowest BCUT2D eigenvalue weighted by atomic mass is 9.76. The SMILES string of the molecule is CCCNC1CCC(C(C)C)CC1N1CCCC1C. The van der Waals surface area contributed by atoms with Gasteiger partial charge in [0.25, 0.3) is 0 Å². The van der Waals surface area contributed by atoms with E-state index in [1.165, 1.54) is 51.6 Å². The highest BCUT2D eigenvalue weighted by Gasteiger charge is 2.38. The molecule has 0 spiro atoms. The van der Waals surface area contributed by atoms with Crippen LogP contribution >= 0.6 is 0 Å². The van der Waals surface area contributed by atoms with Crippen molar-refractivity contribution in [3.05, 3.63) is 0 Å². The Balaban J connectivity index is 2.01. The predicted molar refractivity (Wildman–Crippen MR) is 83.5 cm³/mol. The summed E-state index contributed by atoms with van der Waals surface area (Å²) in [7, 11) is 0. The van der Waals surface area contributed by atoms with Crippen molar-refractivity contribution in [3.8, 4) is 0 Å². The fraction of sp³-hybridized carbons (Fsp3) is 1.00. The van der Waals surface area contributed by atoms with Crippen LogP contribution in [0.4, 0.5) is 0 Å². The van der Waals surface area contributed by atoms with Crippen LogP contribution in [0.25, 0.3) is 0 Å². The summed E-state index contributed by atoms with van der Waals surface area (Å²) in [6, 6.07) is 2.35. The van der Waals surface area contributed by atoms with Crippen LogP contribution in [-0.4, -0.2) is 36.1 Å². The standard InChI is InChI=1S/C17H34N2/c1-5-10-18-16-9-8-15(13(2)3)12-17(16)19-11-6-7-14(19)4/h13-18H,5-12H2,1-4H3. The summed E-state index contributed by atoms with van der Waals surface area (Å²) >= 11 is 0. The molecule has 1 N–H and O–H groups in total. The van der Waals surface area contributed by atoms with Crippen molar-refractivity contribution >= 4 is 0 Å². The molecule has 0 aromatic carbocycles. The van der Waals surface area contributed by atoms with Gasteiger partial charge >= 0.3 is 0 Å². The van der Waals surface area contributed by atoms with Crippen LogP contribution in [0, 0.1) is 11.8 Å². The minimum atomic E-state index is 0.746. The number of nitrogens with zero attached hydrogens (tertiary/aromatic N) is 1. The Labute approximate surface area is 120 Å². The largest absolute Gasteiger partial charge is 0.312 e. The molecule has 1 heterocycles. The van der Waals surface area contributed by atoms with Gasteiger partial charge < -0.3 is 5.32 Å². The van der Waals surface area contributed by atoms with Crippen molar-refractivity contribution in [2.24, 2.45) is 11.8 Å². The molecule has 0 aromatic heterocycles. The van der Waals surface area contributed by atoms with Crippen LogP contribution < -0.4 is 5.32 Å². The first-order chi connectivity index (χ1) is 9.13. The molecule has 1 saturated carbocycles. The van der Waals surface area contributed by atoms with E-state index in [0.717, 1.165) is 30.0 Å². The normalized spacial score (nSPS) is 37.1. The van der Waals surface area contributed by atoms with E-state index in [9.17, 15) is 0 Å². The van der Waals surface area contributed by atoms with Gasteiger partial charge in [-0.15, -0.1) is 0 Å². The van der Waals surface area contributed by atoms with Crippen LogP contribution in [0.3, 0.4) is 0 Å². The van der Waals surface area contributed by atoms with Crippen molar-refractivity contribution in [3.63, 3.8) is 0 Å². The lowest BCUT2D eigenvalue weighted by molar-refractivity contribution is 0.0784. The second-order valence-electron chi connectivity index (χ2n) is 7.17. The Hall–Kier alpha value is -0.0800. The molecule has 2 rings (SSSR count). The topological polar surface area (TPSA) is 15.3 Å². The monoisotopic (exact) mass is 266 g/mol. The Morgan fingerprint density at radius 2 is 2.00 bits per heavy atom. The lowest BCUT2D eigenvalue weighted by Gasteiger charge is -2.44. The second-order valence-corrected chi connectivity index (χ2v) is 7.17. The first kappa shape index (κ1) is 15.3. The average molecular weight is 266 g/mol. The predicted octanol–water partition coefficient (Wildman–Crippen LogP) is 3.66. The summed E-state index contributed by atoms with van der Waals surface area (Å²) in [5.74, 6) is 1.80. The van der Waals surface area contributed by atoms with Crippen molar-refractivity contribution in [2.75, 3.05) is 13.1 Å². The molecule has 112 valence electrons. The van der Waals surface area contributed by atoms with E-state index in [0.29, 0.717) is 0 Å². The van der Waals surface area contributed by atoms with Crippen molar-refractivity contribution in [1.82, 2.24) is 10.2 Å². The molecule has 0 radical (unpaired) electrons. The number of hydrogen-bond donors (Lipinski definition) is 1. The van der Waals surface area contributed by atoms with E-state index in [1.54, 1.807) is 0 Å². The number of likely N-dealkylation sites (tertiary alicyclic amines) is 1. The fourth-order valence-corrected chi connectivity index (χ4v) is 4.17. The smallest absolute Gasteiger partial charge is 0.0254 e. The minimum Gasteiger partial charge on any atom is -0.312 e. The second kappa shape index (κ2) is 7.08. The molecule has 2 fully saturated rings. The zero-order chi connectivity index (χ0) is 13.8. The molecular formula is C17H34N2. The highest BCUT2D eigenvalue weighted by atomic mass is 15.2. The molecule has 4 atom stereocenters. The number of nitrogens with one attached hydrogen (secondary N) is 1.